The molecule has 0 aromatic heterocycles. The Morgan fingerprint density at radius 3 is 2.36 bits per heavy atom. The molecule has 0 spiro atoms. The van der Waals surface area contributed by atoms with Gasteiger partial charge in [0.05, 0.1) is 0 Å². The molecule has 14 heavy (non-hydrogen) atoms. The lowest BCUT2D eigenvalue weighted by atomic mass is 9.85. The number of benzene rings is 1. The number of hydrogen-bond donors (Lipinski definition) is 0. The zero-order valence-electron chi connectivity index (χ0n) is 9.39. The summed E-state index contributed by atoms with van der Waals surface area (Å²) in [5.41, 5.74) is 5.74. The largest absolute Gasteiger partial charge is 0.0643 e. The van der Waals surface area contributed by atoms with Crippen LogP contribution in [-0.4, -0.2) is 0 Å². The van der Waals surface area contributed by atoms with Crippen LogP contribution in [-0.2, 0) is 5.41 Å². The van der Waals surface area contributed by atoms with Gasteiger partial charge < -0.3 is 0 Å². The molecule has 0 amide bonds. The molecule has 2 rings (SSSR count). The maximum Gasteiger partial charge on any atom is 0.0161 e. The molecule has 0 heterocycles. The lowest BCUT2D eigenvalue weighted by Gasteiger charge is -2.19. The second-order valence-electron chi connectivity index (χ2n) is 5.13. The van der Waals surface area contributed by atoms with E-state index in [0.717, 1.165) is 0 Å². The van der Waals surface area contributed by atoms with Crippen molar-refractivity contribution < 1.29 is 0 Å². The van der Waals surface area contributed by atoms with Crippen molar-refractivity contribution in [1.29, 1.82) is 0 Å². The van der Waals surface area contributed by atoms with Gasteiger partial charge in [-0.3, -0.25) is 0 Å². The van der Waals surface area contributed by atoms with Crippen molar-refractivity contribution in [2.75, 3.05) is 0 Å². The fraction of sp³-hybridized carbons (Fsp3) is 0.357. The standard InChI is InChI=1S/C14H17/c1-10-7-11-5-6-13(14(2,3)4)9-12(11)8-10/h5-9H,1-4H3. The van der Waals surface area contributed by atoms with Crippen molar-refractivity contribution in [1.82, 2.24) is 0 Å². The van der Waals surface area contributed by atoms with E-state index in [1.165, 1.54) is 22.3 Å². The molecule has 1 aromatic carbocycles. The van der Waals surface area contributed by atoms with E-state index in [4.69, 9.17) is 0 Å². The minimum atomic E-state index is 0.249. The van der Waals surface area contributed by atoms with Crippen LogP contribution in [0.2, 0.25) is 0 Å². The first-order chi connectivity index (χ1) is 6.47. The zero-order chi connectivity index (χ0) is 10.3. The van der Waals surface area contributed by atoms with Crippen molar-refractivity contribution in [3.8, 4) is 0 Å². The number of fused-ring (bicyclic) bond motifs is 1. The van der Waals surface area contributed by atoms with Crippen molar-refractivity contribution >= 4 is 6.08 Å². The molecular weight excluding hydrogens is 168 g/mol. The highest BCUT2D eigenvalue weighted by molar-refractivity contribution is 5.69. The molecule has 1 aromatic rings. The summed E-state index contributed by atoms with van der Waals surface area (Å²) in [4.78, 5) is 0. The van der Waals surface area contributed by atoms with Gasteiger partial charge in [-0.25, -0.2) is 0 Å². The predicted molar refractivity (Wildman–Crippen MR) is 62.2 cm³/mol. The van der Waals surface area contributed by atoms with Gasteiger partial charge >= 0.3 is 0 Å². The third kappa shape index (κ3) is 1.61. The van der Waals surface area contributed by atoms with E-state index in [9.17, 15) is 0 Å². The summed E-state index contributed by atoms with van der Waals surface area (Å²) in [7, 11) is 0. The Labute approximate surface area is 86.7 Å². The summed E-state index contributed by atoms with van der Waals surface area (Å²) in [6.07, 6.45) is 4.49. The SMILES string of the molecule is CC1=Cc2cc(C(C)(C)C)ccc2[CH]1. The molecule has 73 valence electrons. The molecule has 0 N–H and O–H groups in total. The molecule has 0 nitrogen and oxygen atoms in total. The molecule has 0 aliphatic heterocycles. The van der Waals surface area contributed by atoms with Gasteiger partial charge in [-0.05, 0) is 29.0 Å². The fourth-order valence-corrected chi connectivity index (χ4v) is 1.83. The Hall–Kier alpha value is -1.04. The maximum absolute atomic E-state index is 2.31. The molecule has 1 aliphatic rings. The van der Waals surface area contributed by atoms with Crippen LogP contribution in [0.1, 0.15) is 44.4 Å². The predicted octanol–water partition coefficient (Wildman–Crippen LogP) is 3.95. The zero-order valence-corrected chi connectivity index (χ0v) is 9.39. The minimum absolute atomic E-state index is 0.249. The molecular formula is C14H17. The van der Waals surface area contributed by atoms with E-state index < -0.39 is 0 Å². The van der Waals surface area contributed by atoms with Gasteiger partial charge in [-0.1, -0.05) is 50.6 Å². The second kappa shape index (κ2) is 2.98. The molecule has 1 aliphatic carbocycles. The Bertz CT molecular complexity index is 389. The highest BCUT2D eigenvalue weighted by Crippen LogP contribution is 2.31. The third-order valence-corrected chi connectivity index (χ3v) is 2.72. The molecule has 0 unspecified atom stereocenters. The maximum atomic E-state index is 2.31. The van der Waals surface area contributed by atoms with Crippen LogP contribution in [0.15, 0.2) is 23.8 Å². The first-order valence-electron chi connectivity index (χ1n) is 5.14. The molecule has 0 atom stereocenters. The number of hydrogen-bond acceptors (Lipinski definition) is 0. The van der Waals surface area contributed by atoms with Gasteiger partial charge in [0, 0.05) is 6.42 Å². The average molecular weight is 185 g/mol. The molecule has 0 bridgehead atoms. The molecule has 1 radical (unpaired) electrons. The van der Waals surface area contributed by atoms with Crippen molar-refractivity contribution in [2.45, 2.75) is 33.1 Å². The smallest absolute Gasteiger partial charge is 0.0161 e. The first kappa shape index (κ1) is 9.51. The van der Waals surface area contributed by atoms with Crippen molar-refractivity contribution in [2.24, 2.45) is 0 Å². The topological polar surface area (TPSA) is 0 Å². The fourth-order valence-electron chi connectivity index (χ4n) is 1.83. The Morgan fingerprint density at radius 1 is 1.00 bits per heavy atom. The molecule has 0 heteroatoms. The average Bonchev–Trinajstić information content (AvgIpc) is 2.41. The lowest BCUT2D eigenvalue weighted by molar-refractivity contribution is 0.590. The van der Waals surface area contributed by atoms with Crippen molar-refractivity contribution in [3.05, 3.63) is 46.9 Å². The van der Waals surface area contributed by atoms with Crippen molar-refractivity contribution in [3.63, 3.8) is 0 Å². The van der Waals surface area contributed by atoms with E-state index in [-0.39, 0.29) is 5.41 Å². The van der Waals surface area contributed by atoms with Crippen LogP contribution in [0.4, 0.5) is 0 Å². The Morgan fingerprint density at radius 2 is 1.71 bits per heavy atom. The van der Waals surface area contributed by atoms with E-state index in [2.05, 4.69) is 58.4 Å². The van der Waals surface area contributed by atoms with Gasteiger partial charge in [-0.15, -0.1) is 0 Å². The summed E-state index contributed by atoms with van der Waals surface area (Å²) >= 11 is 0. The Kier molecular flexibility index (Phi) is 2.02. The minimum Gasteiger partial charge on any atom is -0.0643 e. The van der Waals surface area contributed by atoms with E-state index >= 15 is 0 Å². The van der Waals surface area contributed by atoms with Crippen LogP contribution in [0.25, 0.3) is 6.08 Å². The molecule has 0 saturated heterocycles. The molecule has 0 fully saturated rings. The summed E-state index contributed by atoms with van der Waals surface area (Å²) < 4.78 is 0. The van der Waals surface area contributed by atoms with Crippen LogP contribution >= 0.6 is 0 Å². The summed E-state index contributed by atoms with van der Waals surface area (Å²) in [6, 6.07) is 6.77. The lowest BCUT2D eigenvalue weighted by Crippen LogP contribution is -2.11. The van der Waals surface area contributed by atoms with Gasteiger partial charge in [0.15, 0.2) is 0 Å². The van der Waals surface area contributed by atoms with Crippen LogP contribution in [0.3, 0.4) is 0 Å². The van der Waals surface area contributed by atoms with Gasteiger partial charge in [0.1, 0.15) is 0 Å². The third-order valence-electron chi connectivity index (χ3n) is 2.72. The highest BCUT2D eigenvalue weighted by Gasteiger charge is 2.17. The second-order valence-corrected chi connectivity index (χ2v) is 5.13. The van der Waals surface area contributed by atoms with E-state index in [0.29, 0.717) is 0 Å². The van der Waals surface area contributed by atoms with E-state index in [1.807, 2.05) is 0 Å². The summed E-state index contributed by atoms with van der Waals surface area (Å²) in [5, 5.41) is 0. The Balaban J connectivity index is 2.46. The summed E-state index contributed by atoms with van der Waals surface area (Å²) in [5.74, 6) is 0. The highest BCUT2D eigenvalue weighted by atomic mass is 14.2. The normalized spacial score (nSPS) is 15.3. The monoisotopic (exact) mass is 185 g/mol. The van der Waals surface area contributed by atoms with Crippen LogP contribution < -0.4 is 0 Å². The quantitative estimate of drug-likeness (QED) is 0.574. The van der Waals surface area contributed by atoms with Gasteiger partial charge in [-0.2, -0.15) is 0 Å². The summed E-state index contributed by atoms with van der Waals surface area (Å²) in [6.45, 7) is 8.91. The van der Waals surface area contributed by atoms with Crippen LogP contribution in [0, 0.1) is 6.42 Å². The number of rotatable bonds is 0. The van der Waals surface area contributed by atoms with E-state index in [1.54, 1.807) is 0 Å². The first-order valence-corrected chi connectivity index (χ1v) is 5.14. The molecule has 0 saturated carbocycles. The van der Waals surface area contributed by atoms with Crippen LogP contribution in [0.5, 0.6) is 0 Å². The number of allylic oxidation sites excluding steroid dienone is 1. The van der Waals surface area contributed by atoms with Gasteiger partial charge in [0.25, 0.3) is 0 Å². The van der Waals surface area contributed by atoms with Gasteiger partial charge in [0.2, 0.25) is 0 Å².